The maximum atomic E-state index is 11.5. The molecule has 1 aliphatic rings. The Kier molecular flexibility index (Phi) is 6.29. The van der Waals surface area contributed by atoms with Crippen LogP contribution in [0.2, 0.25) is 18.1 Å². The lowest BCUT2D eigenvalue weighted by Gasteiger charge is -2.36. The van der Waals surface area contributed by atoms with E-state index in [-0.39, 0.29) is 10.9 Å². The van der Waals surface area contributed by atoms with Gasteiger partial charge in [0, 0.05) is 30.9 Å². The summed E-state index contributed by atoms with van der Waals surface area (Å²) < 4.78 is 6.32. The van der Waals surface area contributed by atoms with Crippen molar-refractivity contribution in [3.63, 3.8) is 0 Å². The summed E-state index contributed by atoms with van der Waals surface area (Å²) in [5.41, 5.74) is 3.92. The maximum absolute atomic E-state index is 11.5. The van der Waals surface area contributed by atoms with E-state index in [1.807, 2.05) is 24.3 Å². The molecule has 0 bridgehead atoms. The highest BCUT2D eigenvalue weighted by Gasteiger charge is 2.37. The van der Waals surface area contributed by atoms with Crippen LogP contribution in [0, 0.1) is 5.92 Å². The molecule has 0 aromatic heterocycles. The predicted molar refractivity (Wildman–Crippen MR) is 106 cm³/mol. The van der Waals surface area contributed by atoms with Crippen LogP contribution in [0.4, 0.5) is 5.69 Å². The van der Waals surface area contributed by atoms with E-state index >= 15 is 0 Å². The Morgan fingerprint density at radius 2 is 1.96 bits per heavy atom. The van der Waals surface area contributed by atoms with Crippen LogP contribution in [0.5, 0.6) is 0 Å². The average Bonchev–Trinajstić information content (AvgIpc) is 3.02. The highest BCUT2D eigenvalue weighted by molar-refractivity contribution is 6.74. The number of anilines is 1. The number of amides is 1. The molecule has 1 amide bonds. The van der Waals surface area contributed by atoms with Gasteiger partial charge in [0.05, 0.1) is 0 Å². The molecule has 3 N–H and O–H groups in total. The molecule has 2 rings (SSSR count). The molecule has 1 fully saturated rings. The molecule has 1 aliphatic heterocycles. The van der Waals surface area contributed by atoms with Crippen molar-refractivity contribution in [3.05, 3.63) is 29.8 Å². The number of nitrogens with one attached hydrogen (secondary N) is 1. The number of carbonyl (C=O) groups is 1. The Bertz CT molecular complexity index is 581. The summed E-state index contributed by atoms with van der Waals surface area (Å²) in [6.45, 7) is 14.5. The quantitative estimate of drug-likeness (QED) is 0.351. The SMILES string of the molecule is CC(C)(C)[Si](C)(C)OCCC1CCN(c2ccc(C(=O)NN)cc2)C1. The predicted octanol–water partition coefficient (Wildman–Crippen LogP) is 3.53. The third kappa shape index (κ3) is 5.06. The number of hydrazine groups is 1. The van der Waals surface area contributed by atoms with E-state index in [2.05, 4.69) is 44.2 Å². The Labute approximate surface area is 153 Å². The minimum atomic E-state index is -1.64. The van der Waals surface area contributed by atoms with Crippen LogP contribution in [0.3, 0.4) is 0 Å². The Morgan fingerprint density at radius 1 is 1.32 bits per heavy atom. The van der Waals surface area contributed by atoms with E-state index < -0.39 is 8.32 Å². The van der Waals surface area contributed by atoms with E-state index in [4.69, 9.17) is 10.3 Å². The highest BCUT2D eigenvalue weighted by atomic mass is 28.4. The van der Waals surface area contributed by atoms with Crippen molar-refractivity contribution in [3.8, 4) is 0 Å². The zero-order chi connectivity index (χ0) is 18.7. The second-order valence-corrected chi connectivity index (χ2v) is 13.3. The van der Waals surface area contributed by atoms with Crippen LogP contribution >= 0.6 is 0 Å². The minimum Gasteiger partial charge on any atom is -0.417 e. The van der Waals surface area contributed by atoms with Gasteiger partial charge in [-0.1, -0.05) is 20.8 Å². The largest absolute Gasteiger partial charge is 0.417 e. The summed E-state index contributed by atoms with van der Waals surface area (Å²) >= 11 is 0. The van der Waals surface area contributed by atoms with Crippen LogP contribution in [0.1, 0.15) is 44.0 Å². The van der Waals surface area contributed by atoms with Crippen molar-refractivity contribution in [2.45, 2.75) is 51.7 Å². The number of carbonyl (C=O) groups excluding carboxylic acids is 1. The number of nitrogen functional groups attached to an aromatic ring is 1. The smallest absolute Gasteiger partial charge is 0.265 e. The van der Waals surface area contributed by atoms with Crippen molar-refractivity contribution in [2.24, 2.45) is 11.8 Å². The van der Waals surface area contributed by atoms with Gasteiger partial charge < -0.3 is 9.33 Å². The van der Waals surface area contributed by atoms with Crippen LogP contribution in [-0.2, 0) is 4.43 Å². The molecule has 0 radical (unpaired) electrons. The first-order chi connectivity index (χ1) is 11.6. The van der Waals surface area contributed by atoms with Crippen molar-refractivity contribution in [1.29, 1.82) is 0 Å². The first-order valence-electron chi connectivity index (χ1n) is 9.14. The standard InChI is InChI=1S/C19H33N3O2Si/c1-19(2,3)25(4,5)24-13-11-15-10-12-22(14-15)17-8-6-16(7-9-17)18(23)21-20/h6-9,15H,10-14,20H2,1-5H3,(H,21,23). The molecule has 0 saturated carbocycles. The van der Waals surface area contributed by atoms with Gasteiger partial charge in [-0.25, -0.2) is 5.84 Å². The molecular formula is C19H33N3O2Si. The van der Waals surface area contributed by atoms with Crippen molar-refractivity contribution in [1.82, 2.24) is 5.43 Å². The van der Waals surface area contributed by atoms with Gasteiger partial charge in [0.1, 0.15) is 0 Å². The van der Waals surface area contributed by atoms with Gasteiger partial charge in [-0.05, 0) is 61.2 Å². The second kappa shape index (κ2) is 7.89. The second-order valence-electron chi connectivity index (χ2n) is 8.52. The Balaban J connectivity index is 1.82. The van der Waals surface area contributed by atoms with Crippen molar-refractivity contribution in [2.75, 3.05) is 24.6 Å². The van der Waals surface area contributed by atoms with E-state index in [0.717, 1.165) is 26.1 Å². The van der Waals surface area contributed by atoms with Gasteiger partial charge in [-0.3, -0.25) is 10.2 Å². The average molecular weight is 364 g/mol. The lowest BCUT2D eigenvalue weighted by atomic mass is 10.1. The fraction of sp³-hybridized carbons (Fsp3) is 0.632. The van der Waals surface area contributed by atoms with Gasteiger partial charge in [0.2, 0.25) is 0 Å². The van der Waals surface area contributed by atoms with E-state index in [1.165, 1.54) is 12.1 Å². The summed E-state index contributed by atoms with van der Waals surface area (Å²) in [5.74, 6) is 5.59. The van der Waals surface area contributed by atoms with E-state index in [1.54, 1.807) is 0 Å². The fourth-order valence-electron chi connectivity index (χ4n) is 2.91. The molecule has 1 aromatic carbocycles. The summed E-state index contributed by atoms with van der Waals surface area (Å²) in [6.07, 6.45) is 2.32. The van der Waals surface area contributed by atoms with Gasteiger partial charge >= 0.3 is 0 Å². The number of nitrogens with two attached hydrogens (primary N) is 1. The molecule has 0 spiro atoms. The number of rotatable bonds is 6. The van der Waals surface area contributed by atoms with Crippen LogP contribution in [0.15, 0.2) is 24.3 Å². The first kappa shape index (κ1) is 19.9. The summed E-state index contributed by atoms with van der Waals surface area (Å²) in [7, 11) is -1.64. The van der Waals surface area contributed by atoms with Crippen LogP contribution < -0.4 is 16.2 Å². The number of benzene rings is 1. The van der Waals surface area contributed by atoms with Gasteiger partial charge in [-0.2, -0.15) is 0 Å². The molecular weight excluding hydrogens is 330 g/mol. The molecule has 1 saturated heterocycles. The monoisotopic (exact) mass is 363 g/mol. The van der Waals surface area contributed by atoms with Crippen molar-refractivity contribution >= 4 is 19.9 Å². The molecule has 140 valence electrons. The summed E-state index contributed by atoms with van der Waals surface area (Å²) in [4.78, 5) is 13.9. The Hall–Kier alpha value is -1.37. The molecule has 1 atom stereocenters. The first-order valence-corrected chi connectivity index (χ1v) is 12.0. The summed E-state index contributed by atoms with van der Waals surface area (Å²) in [6, 6.07) is 7.65. The highest BCUT2D eigenvalue weighted by Crippen LogP contribution is 2.37. The zero-order valence-electron chi connectivity index (χ0n) is 16.3. The summed E-state index contributed by atoms with van der Waals surface area (Å²) in [5, 5.41) is 0.270. The normalized spacial score (nSPS) is 18.5. The Morgan fingerprint density at radius 3 is 2.52 bits per heavy atom. The van der Waals surface area contributed by atoms with Gasteiger partial charge in [0.15, 0.2) is 8.32 Å². The maximum Gasteiger partial charge on any atom is 0.265 e. The molecule has 0 aliphatic carbocycles. The third-order valence-corrected chi connectivity index (χ3v) is 10.2. The number of hydrogen-bond donors (Lipinski definition) is 2. The molecule has 25 heavy (non-hydrogen) atoms. The van der Waals surface area contributed by atoms with Crippen molar-refractivity contribution < 1.29 is 9.22 Å². The molecule has 1 aromatic rings. The topological polar surface area (TPSA) is 67.6 Å². The van der Waals surface area contributed by atoms with Gasteiger partial charge in [0.25, 0.3) is 5.91 Å². The lowest BCUT2D eigenvalue weighted by Crippen LogP contribution is -2.41. The molecule has 1 unspecified atom stereocenters. The lowest BCUT2D eigenvalue weighted by molar-refractivity contribution is 0.0953. The van der Waals surface area contributed by atoms with E-state index in [0.29, 0.717) is 11.5 Å². The molecule has 1 heterocycles. The van der Waals surface area contributed by atoms with Crippen LogP contribution in [-0.4, -0.2) is 33.9 Å². The van der Waals surface area contributed by atoms with E-state index in [9.17, 15) is 4.79 Å². The number of hydrogen-bond acceptors (Lipinski definition) is 4. The molecule has 6 heteroatoms. The minimum absolute atomic E-state index is 0.256. The third-order valence-electron chi connectivity index (χ3n) is 5.71. The van der Waals surface area contributed by atoms with Crippen LogP contribution in [0.25, 0.3) is 0 Å². The van der Waals surface area contributed by atoms with Gasteiger partial charge in [-0.15, -0.1) is 0 Å². The molecule has 5 nitrogen and oxygen atoms in total. The zero-order valence-corrected chi connectivity index (χ0v) is 17.3. The fourth-order valence-corrected chi connectivity index (χ4v) is 3.97. The number of nitrogens with zero attached hydrogens (tertiary/aromatic N) is 1.